The number of aromatic hydroxyl groups is 1. The molecular weight excluding hydrogens is 580 g/mol. The molecule has 3 aliphatic heterocycles. The minimum Gasteiger partial charge on any atom is -0.514 e. The maximum Gasteiger partial charge on any atom is 0.319 e. The SMILES string of the molecule is CCc1c(F)ccc2cc(O)cc(-c3ncc4c(N5CCC[C@@](C)(O)C5)nc(OC[C@@]56CCCN5/C(=C/O)CC6)nc4c3F)c12. The quantitative estimate of drug-likeness (QED) is 0.219. The summed E-state index contributed by atoms with van der Waals surface area (Å²) in [6.07, 6.45) is 7.81. The zero-order chi connectivity index (χ0) is 31.5. The molecule has 2 aromatic heterocycles. The van der Waals surface area contributed by atoms with Crippen LogP contribution in [-0.2, 0) is 6.42 Å². The molecule has 4 aromatic rings. The van der Waals surface area contributed by atoms with Crippen LogP contribution in [0.25, 0.3) is 32.9 Å². The molecule has 7 rings (SSSR count). The monoisotopic (exact) mass is 617 g/mol. The van der Waals surface area contributed by atoms with Crippen LogP contribution in [0.2, 0.25) is 0 Å². The third kappa shape index (κ3) is 4.97. The highest BCUT2D eigenvalue weighted by atomic mass is 19.1. The number of phenols is 1. The number of β-amino-alcohol motifs (C(OH)–C–C–N with tert-alkyl or cyclic N) is 1. The Morgan fingerprint density at radius 3 is 2.69 bits per heavy atom. The standard InChI is InChI=1S/C34H37F2N5O4/c1-3-23-26(35)7-6-20-14-22(43)15-24(27(20)23)29-28(36)30-25(16-37-29)31(40-12-4-9-33(2,44)18-40)39-32(38-30)45-19-34-10-5-13-41(34)21(17-42)8-11-34/h6-7,14-17,42-44H,3-5,8-13,18-19H2,1-2H3/b21-17+/t33-,34+/m1/s1. The average molecular weight is 618 g/mol. The number of benzene rings is 2. The van der Waals surface area contributed by atoms with Gasteiger partial charge in [-0.2, -0.15) is 9.97 Å². The fraction of sp³-hybridized carbons (Fsp3) is 0.441. The molecule has 0 saturated carbocycles. The minimum absolute atomic E-state index is 0.00229. The van der Waals surface area contributed by atoms with Gasteiger partial charge in [0.25, 0.3) is 0 Å². The Morgan fingerprint density at radius 2 is 1.91 bits per heavy atom. The molecular formula is C34H37F2N5O4. The van der Waals surface area contributed by atoms with E-state index in [0.29, 0.717) is 53.5 Å². The van der Waals surface area contributed by atoms with Crippen LogP contribution in [0.15, 0.2) is 42.4 Å². The number of hydrogen-bond donors (Lipinski definition) is 3. The van der Waals surface area contributed by atoms with E-state index in [2.05, 4.69) is 14.9 Å². The maximum absolute atomic E-state index is 16.8. The van der Waals surface area contributed by atoms with Crippen molar-refractivity contribution in [3.05, 3.63) is 59.6 Å². The summed E-state index contributed by atoms with van der Waals surface area (Å²) in [5.41, 5.74) is 0.210. The van der Waals surface area contributed by atoms with E-state index in [1.54, 1.807) is 13.0 Å². The molecule has 11 heteroatoms. The van der Waals surface area contributed by atoms with E-state index in [9.17, 15) is 19.7 Å². The summed E-state index contributed by atoms with van der Waals surface area (Å²) in [7, 11) is 0. The molecule has 2 atom stereocenters. The number of fused-ring (bicyclic) bond motifs is 3. The molecule has 3 fully saturated rings. The number of phenolic OH excluding ortho intramolecular Hbond substituents is 1. The summed E-state index contributed by atoms with van der Waals surface area (Å²) >= 11 is 0. The van der Waals surface area contributed by atoms with Crippen molar-refractivity contribution in [3.8, 4) is 23.0 Å². The topological polar surface area (TPSA) is 115 Å². The van der Waals surface area contributed by atoms with E-state index in [-0.39, 0.29) is 40.7 Å². The number of allylic oxidation sites excluding steroid dienone is 1. The van der Waals surface area contributed by atoms with Gasteiger partial charge in [0.15, 0.2) is 5.82 Å². The number of nitrogens with zero attached hydrogens (tertiary/aromatic N) is 5. The largest absolute Gasteiger partial charge is 0.514 e. The Hall–Kier alpha value is -4.25. The predicted molar refractivity (Wildman–Crippen MR) is 167 cm³/mol. The summed E-state index contributed by atoms with van der Waals surface area (Å²) in [5.74, 6) is -0.835. The third-order valence-corrected chi connectivity index (χ3v) is 9.79. The lowest BCUT2D eigenvalue weighted by Crippen LogP contribution is -2.46. The number of pyridine rings is 1. The lowest BCUT2D eigenvalue weighted by molar-refractivity contribution is 0.0447. The van der Waals surface area contributed by atoms with Gasteiger partial charge in [0.2, 0.25) is 0 Å². The zero-order valence-corrected chi connectivity index (χ0v) is 25.5. The molecule has 236 valence electrons. The van der Waals surface area contributed by atoms with Gasteiger partial charge >= 0.3 is 6.01 Å². The Balaban J connectivity index is 1.38. The Labute approximate surface area is 259 Å². The fourth-order valence-electron chi connectivity index (χ4n) is 7.65. The van der Waals surface area contributed by atoms with Crippen molar-refractivity contribution in [3.63, 3.8) is 0 Å². The second-order valence-electron chi connectivity index (χ2n) is 12.9. The van der Waals surface area contributed by atoms with Crippen molar-refractivity contribution in [2.75, 3.05) is 31.1 Å². The van der Waals surface area contributed by atoms with Crippen LogP contribution >= 0.6 is 0 Å². The summed E-state index contributed by atoms with van der Waals surface area (Å²) < 4.78 is 38.0. The molecule has 0 bridgehead atoms. The van der Waals surface area contributed by atoms with Crippen molar-refractivity contribution in [1.29, 1.82) is 0 Å². The number of anilines is 1. The number of aromatic nitrogens is 3. The first-order valence-corrected chi connectivity index (χ1v) is 15.6. The molecule has 3 N–H and O–H groups in total. The summed E-state index contributed by atoms with van der Waals surface area (Å²) in [4.78, 5) is 17.9. The van der Waals surface area contributed by atoms with E-state index >= 15 is 4.39 Å². The lowest BCUT2D eigenvalue weighted by atomic mass is 9.94. The number of hydrogen-bond acceptors (Lipinski definition) is 9. The molecule has 5 heterocycles. The van der Waals surface area contributed by atoms with Gasteiger partial charge in [0.1, 0.15) is 35.2 Å². The highest BCUT2D eigenvalue weighted by Gasteiger charge is 2.47. The van der Waals surface area contributed by atoms with Crippen molar-refractivity contribution in [2.45, 2.75) is 69.9 Å². The van der Waals surface area contributed by atoms with Crippen molar-refractivity contribution >= 4 is 27.5 Å². The van der Waals surface area contributed by atoms with Crippen LogP contribution in [0.3, 0.4) is 0 Å². The van der Waals surface area contributed by atoms with Crippen molar-refractivity contribution < 1.29 is 28.8 Å². The molecule has 3 saturated heterocycles. The van der Waals surface area contributed by atoms with Gasteiger partial charge in [-0.3, -0.25) is 4.98 Å². The van der Waals surface area contributed by atoms with Crippen LogP contribution in [0.1, 0.15) is 57.9 Å². The first kappa shape index (κ1) is 29.5. The van der Waals surface area contributed by atoms with Crippen LogP contribution in [-0.4, -0.2) is 72.6 Å². The van der Waals surface area contributed by atoms with Gasteiger partial charge in [-0.15, -0.1) is 0 Å². The second-order valence-corrected chi connectivity index (χ2v) is 12.9. The van der Waals surface area contributed by atoms with E-state index in [1.807, 2.05) is 11.8 Å². The minimum atomic E-state index is -0.955. The number of aliphatic hydroxyl groups is 2. The molecule has 0 unspecified atom stereocenters. The molecule has 0 radical (unpaired) electrons. The van der Waals surface area contributed by atoms with E-state index < -0.39 is 17.2 Å². The highest BCUT2D eigenvalue weighted by Crippen LogP contribution is 2.45. The number of halogens is 2. The normalized spacial score (nSPS) is 24.2. The van der Waals surface area contributed by atoms with Gasteiger partial charge in [-0.25, -0.2) is 8.78 Å². The van der Waals surface area contributed by atoms with E-state index in [1.165, 1.54) is 30.7 Å². The van der Waals surface area contributed by atoms with Crippen molar-refractivity contribution in [2.24, 2.45) is 0 Å². The van der Waals surface area contributed by atoms with Gasteiger partial charge in [-0.1, -0.05) is 13.0 Å². The Morgan fingerprint density at radius 1 is 1.09 bits per heavy atom. The lowest BCUT2D eigenvalue weighted by Gasteiger charge is -2.38. The van der Waals surface area contributed by atoms with E-state index in [4.69, 9.17) is 9.72 Å². The Bertz CT molecular complexity index is 1850. The molecule has 3 aliphatic rings. The number of aliphatic hydroxyl groups excluding tert-OH is 1. The van der Waals surface area contributed by atoms with Gasteiger partial charge in [-0.05, 0) is 86.4 Å². The number of ether oxygens (including phenoxy) is 1. The molecule has 0 amide bonds. The van der Waals surface area contributed by atoms with Gasteiger partial charge in [0.05, 0.1) is 22.8 Å². The smallest absolute Gasteiger partial charge is 0.319 e. The number of aryl methyl sites for hydroxylation is 1. The zero-order valence-electron chi connectivity index (χ0n) is 25.5. The van der Waals surface area contributed by atoms with Crippen LogP contribution in [0, 0.1) is 11.6 Å². The first-order chi connectivity index (χ1) is 21.6. The highest BCUT2D eigenvalue weighted by molar-refractivity contribution is 6.01. The predicted octanol–water partition coefficient (Wildman–Crippen LogP) is 6.15. The number of rotatable bonds is 6. The molecule has 0 aliphatic carbocycles. The average Bonchev–Trinajstić information content (AvgIpc) is 3.58. The molecule has 9 nitrogen and oxygen atoms in total. The summed E-state index contributed by atoms with van der Waals surface area (Å²) in [6, 6.07) is 5.84. The van der Waals surface area contributed by atoms with Crippen molar-refractivity contribution in [1.82, 2.24) is 19.9 Å². The summed E-state index contributed by atoms with van der Waals surface area (Å²) in [5, 5.41) is 32.6. The third-order valence-electron chi connectivity index (χ3n) is 9.79. The number of piperidine rings is 1. The first-order valence-electron chi connectivity index (χ1n) is 15.6. The van der Waals surface area contributed by atoms with Crippen LogP contribution in [0.4, 0.5) is 14.6 Å². The fourth-order valence-corrected chi connectivity index (χ4v) is 7.65. The van der Waals surface area contributed by atoms with Crippen LogP contribution in [0.5, 0.6) is 11.8 Å². The molecule has 45 heavy (non-hydrogen) atoms. The molecule has 2 aromatic carbocycles. The Kier molecular flexibility index (Phi) is 7.18. The van der Waals surface area contributed by atoms with Gasteiger partial charge in [0, 0.05) is 37.1 Å². The second kappa shape index (κ2) is 11.0. The van der Waals surface area contributed by atoms with Gasteiger partial charge < -0.3 is 29.9 Å². The van der Waals surface area contributed by atoms with E-state index in [0.717, 1.165) is 44.3 Å². The van der Waals surface area contributed by atoms with Crippen LogP contribution < -0.4 is 9.64 Å². The summed E-state index contributed by atoms with van der Waals surface area (Å²) in [6.45, 7) is 5.58. The maximum atomic E-state index is 16.8. The molecule has 0 spiro atoms.